The van der Waals surface area contributed by atoms with E-state index in [9.17, 15) is 24.6 Å². The van der Waals surface area contributed by atoms with Crippen molar-refractivity contribution in [3.63, 3.8) is 0 Å². The number of fused-ring (bicyclic) bond motifs is 5. The van der Waals surface area contributed by atoms with E-state index in [4.69, 9.17) is 11.6 Å². The molecular formula is C22H25ClF2O5. The number of aliphatic hydroxyl groups excluding tert-OH is 1. The van der Waals surface area contributed by atoms with Gasteiger partial charge < -0.3 is 10.2 Å². The van der Waals surface area contributed by atoms with E-state index in [1.54, 1.807) is 13.8 Å². The van der Waals surface area contributed by atoms with Crippen LogP contribution in [0.5, 0.6) is 0 Å². The topological polar surface area (TPSA) is 91.7 Å². The van der Waals surface area contributed by atoms with Gasteiger partial charge in [0, 0.05) is 17.8 Å². The summed E-state index contributed by atoms with van der Waals surface area (Å²) in [5, 5.41) is 20.5. The van der Waals surface area contributed by atoms with E-state index in [2.05, 4.69) is 0 Å². The molecule has 0 radical (unpaired) electrons. The molecule has 30 heavy (non-hydrogen) atoms. The number of rotatable bonds is 2. The lowest BCUT2D eigenvalue weighted by Gasteiger charge is -2.60. The first-order valence-corrected chi connectivity index (χ1v) is 10.5. The highest BCUT2D eigenvalue weighted by molar-refractivity contribution is 6.44. The molecule has 164 valence electrons. The molecule has 3 saturated carbocycles. The largest absolute Gasteiger partial charge is 0.388 e. The number of alkyl halides is 2. The Morgan fingerprint density at radius 1 is 1.27 bits per heavy atom. The van der Waals surface area contributed by atoms with Crippen LogP contribution >= 0.6 is 11.6 Å². The van der Waals surface area contributed by atoms with Gasteiger partial charge in [0.05, 0.1) is 10.4 Å². The lowest BCUT2D eigenvalue weighted by Crippen LogP contribution is -2.69. The molecule has 2 N–H and O–H groups in total. The second-order valence-electron chi connectivity index (χ2n) is 9.79. The predicted molar refractivity (Wildman–Crippen MR) is 104 cm³/mol. The third-order valence-corrected chi connectivity index (χ3v) is 8.90. The van der Waals surface area contributed by atoms with Crippen molar-refractivity contribution in [1.29, 1.82) is 0 Å². The maximum absolute atomic E-state index is 16.9. The maximum Gasteiger partial charge on any atom is 0.196 e. The Labute approximate surface area is 178 Å². The van der Waals surface area contributed by atoms with Crippen LogP contribution in [0, 0.1) is 28.6 Å². The molecule has 0 aromatic rings. The predicted octanol–water partition coefficient (Wildman–Crippen LogP) is 2.62. The zero-order valence-corrected chi connectivity index (χ0v) is 17.8. The smallest absolute Gasteiger partial charge is 0.196 e. The third-order valence-electron chi connectivity index (χ3n) is 8.60. The normalized spacial score (nSPS) is 50.3. The molecule has 0 heterocycles. The molecular weight excluding hydrogens is 418 g/mol. The van der Waals surface area contributed by atoms with Crippen LogP contribution < -0.4 is 0 Å². The van der Waals surface area contributed by atoms with Gasteiger partial charge >= 0.3 is 0 Å². The number of Topliss-reactive ketones (excluding diaryl/α,β-unsaturated/α-hetero) is 2. The Hall–Kier alpha value is -1.44. The summed E-state index contributed by atoms with van der Waals surface area (Å²) in [5.74, 6) is -4.71. The van der Waals surface area contributed by atoms with Crippen molar-refractivity contribution >= 4 is 29.0 Å². The lowest BCUT2D eigenvalue weighted by molar-refractivity contribution is -0.189. The Balaban J connectivity index is 1.90. The fraction of sp³-hybridized carbons (Fsp3) is 0.682. The summed E-state index contributed by atoms with van der Waals surface area (Å²) in [7, 11) is 0. The van der Waals surface area contributed by atoms with Crippen LogP contribution in [-0.4, -0.2) is 51.6 Å². The molecule has 4 aliphatic carbocycles. The van der Waals surface area contributed by atoms with Gasteiger partial charge in [0.25, 0.3) is 0 Å². The van der Waals surface area contributed by atoms with E-state index in [0.29, 0.717) is 0 Å². The molecule has 0 amide bonds. The summed E-state index contributed by atoms with van der Waals surface area (Å²) in [5.41, 5.74) is -7.70. The van der Waals surface area contributed by atoms with Crippen molar-refractivity contribution in [2.75, 3.05) is 6.61 Å². The first-order chi connectivity index (χ1) is 13.8. The summed E-state index contributed by atoms with van der Waals surface area (Å²) < 4.78 is 32.2. The number of carbonyl (C=O) groups excluding carboxylic acids is 3. The molecule has 3 fully saturated rings. The number of hydrogen-bond acceptors (Lipinski definition) is 5. The van der Waals surface area contributed by atoms with Crippen molar-refractivity contribution in [3.8, 4) is 0 Å². The molecule has 8 heteroatoms. The fourth-order valence-electron chi connectivity index (χ4n) is 7.04. The molecule has 0 aromatic heterocycles. The SMILES string of the molecule is C[C@@H]1C[C@H]2[C@@H]3C[C@H](F)C4=CC(=O)C(Cl)=C[C@]4(C)[C@@]3(F)C(=O)C[C@]2(C)[C@@]1(O)C(=O)CO. The molecule has 0 unspecified atom stereocenters. The van der Waals surface area contributed by atoms with E-state index >= 15 is 8.78 Å². The van der Waals surface area contributed by atoms with E-state index in [-0.39, 0.29) is 23.4 Å². The Kier molecular flexibility index (Phi) is 4.57. The van der Waals surface area contributed by atoms with Crippen molar-refractivity contribution in [1.82, 2.24) is 0 Å². The standard InChI is InChI=1S/C22H25ClF2O5/c1-10-4-11-12-5-15(24)13-6-16(27)14(23)7-19(13,2)21(12,25)17(28)8-20(11,3)22(10,30)18(29)9-26/h6-7,10-12,15,26,30H,4-5,8-9H2,1-3H3/t10-,11+,12+,15+,19+,20+,21+,22+/m1/s1. The minimum atomic E-state index is -2.53. The summed E-state index contributed by atoms with van der Waals surface area (Å²) in [4.78, 5) is 37.9. The first kappa shape index (κ1) is 21.8. The van der Waals surface area contributed by atoms with Crippen LogP contribution in [-0.2, 0) is 14.4 Å². The highest BCUT2D eigenvalue weighted by Crippen LogP contribution is 2.70. The van der Waals surface area contributed by atoms with Gasteiger partial charge in [-0.25, -0.2) is 8.78 Å². The molecule has 5 nitrogen and oxygen atoms in total. The highest BCUT2D eigenvalue weighted by Gasteiger charge is 2.76. The van der Waals surface area contributed by atoms with E-state index < -0.39 is 76.4 Å². The minimum Gasteiger partial charge on any atom is -0.388 e. The van der Waals surface area contributed by atoms with E-state index in [1.807, 2.05) is 0 Å². The van der Waals surface area contributed by atoms with Gasteiger partial charge in [-0.2, -0.15) is 0 Å². The van der Waals surface area contributed by atoms with Crippen LogP contribution in [0.25, 0.3) is 0 Å². The second-order valence-corrected chi connectivity index (χ2v) is 10.2. The zero-order chi connectivity index (χ0) is 22.4. The van der Waals surface area contributed by atoms with Crippen molar-refractivity contribution < 1.29 is 33.4 Å². The van der Waals surface area contributed by atoms with Crippen molar-refractivity contribution in [2.45, 2.75) is 57.5 Å². The van der Waals surface area contributed by atoms with E-state index in [1.165, 1.54) is 6.92 Å². The summed E-state index contributed by atoms with van der Waals surface area (Å²) >= 11 is 5.99. The van der Waals surface area contributed by atoms with Crippen LogP contribution in [0.15, 0.2) is 22.8 Å². The summed E-state index contributed by atoms with van der Waals surface area (Å²) in [6, 6.07) is 0. The average Bonchev–Trinajstić information content (AvgIpc) is 2.87. The lowest BCUT2D eigenvalue weighted by atomic mass is 9.45. The zero-order valence-electron chi connectivity index (χ0n) is 17.0. The fourth-order valence-corrected chi connectivity index (χ4v) is 7.31. The molecule has 0 spiro atoms. The number of carbonyl (C=O) groups is 3. The van der Waals surface area contributed by atoms with E-state index in [0.717, 1.165) is 12.2 Å². The molecule has 0 aromatic carbocycles. The second kappa shape index (κ2) is 6.30. The molecule has 0 saturated heterocycles. The van der Waals surface area contributed by atoms with Gasteiger partial charge in [-0.1, -0.05) is 25.4 Å². The Bertz CT molecular complexity index is 930. The van der Waals surface area contributed by atoms with Gasteiger partial charge in [0.2, 0.25) is 0 Å². The number of halogens is 3. The third kappa shape index (κ3) is 2.21. The number of aliphatic hydroxyl groups is 2. The quantitative estimate of drug-likeness (QED) is 0.686. The number of ketones is 3. The molecule has 8 atom stereocenters. The van der Waals surface area contributed by atoms with Gasteiger partial charge in [-0.15, -0.1) is 0 Å². The number of hydrogen-bond donors (Lipinski definition) is 2. The molecule has 0 bridgehead atoms. The Morgan fingerprint density at radius 3 is 2.50 bits per heavy atom. The molecule has 4 rings (SSSR count). The summed E-state index contributed by atoms with van der Waals surface area (Å²) in [6.45, 7) is 3.66. The van der Waals surface area contributed by atoms with Crippen LogP contribution in [0.2, 0.25) is 0 Å². The van der Waals surface area contributed by atoms with Gasteiger partial charge in [-0.3, -0.25) is 14.4 Å². The van der Waals surface area contributed by atoms with Crippen molar-refractivity contribution in [3.05, 3.63) is 22.8 Å². The van der Waals surface area contributed by atoms with Crippen molar-refractivity contribution in [2.24, 2.45) is 28.6 Å². The minimum absolute atomic E-state index is 0.0969. The van der Waals surface area contributed by atoms with Crippen LogP contribution in [0.1, 0.15) is 40.0 Å². The monoisotopic (exact) mass is 442 g/mol. The first-order valence-electron chi connectivity index (χ1n) is 10.2. The van der Waals surface area contributed by atoms with Crippen LogP contribution in [0.3, 0.4) is 0 Å². The van der Waals surface area contributed by atoms with Gasteiger partial charge in [0.1, 0.15) is 18.4 Å². The van der Waals surface area contributed by atoms with Gasteiger partial charge in [-0.05, 0) is 49.3 Å². The number of allylic oxidation sites excluding steroid dienone is 4. The average molecular weight is 443 g/mol. The Morgan fingerprint density at radius 2 is 1.90 bits per heavy atom. The summed E-state index contributed by atoms with van der Waals surface area (Å²) in [6.07, 6.45) is -0.0826. The highest BCUT2D eigenvalue weighted by atomic mass is 35.5. The van der Waals surface area contributed by atoms with Gasteiger partial charge in [0.15, 0.2) is 23.0 Å². The molecule has 4 aliphatic rings. The van der Waals surface area contributed by atoms with Crippen LogP contribution in [0.4, 0.5) is 8.78 Å². The molecule has 0 aliphatic heterocycles. The maximum atomic E-state index is 16.9.